The largest absolute Gasteiger partial charge is 0.491 e. The smallest absolute Gasteiger partial charge is 0.281 e. The molecule has 8 nitrogen and oxygen atoms in total. The van der Waals surface area contributed by atoms with E-state index in [0.29, 0.717) is 22.6 Å². The van der Waals surface area contributed by atoms with E-state index >= 15 is 0 Å². The summed E-state index contributed by atoms with van der Waals surface area (Å²) in [6.07, 6.45) is -0.159. The highest BCUT2D eigenvalue weighted by Gasteiger charge is 2.24. The number of anilines is 1. The number of nitrogens with one attached hydrogen (secondary N) is 1. The maximum Gasteiger partial charge on any atom is 0.281 e. The molecular weight excluding hydrogens is 495 g/mol. The third-order valence-electron chi connectivity index (χ3n) is 5.25. The fourth-order valence-electron chi connectivity index (χ4n) is 3.60. The number of aromatic nitrogens is 2. The highest BCUT2D eigenvalue weighted by atomic mass is 32.2. The van der Waals surface area contributed by atoms with E-state index in [2.05, 4.69) is 9.97 Å². The molecule has 1 amide bonds. The molecule has 3 N–H and O–H groups in total. The van der Waals surface area contributed by atoms with Crippen LogP contribution < -0.4 is 15.2 Å². The monoisotopic (exact) mass is 520 g/mol. The van der Waals surface area contributed by atoms with Crippen LogP contribution in [-0.4, -0.2) is 30.4 Å². The van der Waals surface area contributed by atoms with Crippen molar-refractivity contribution in [3.05, 3.63) is 89.7 Å². The second-order valence-corrected chi connectivity index (χ2v) is 10.3. The van der Waals surface area contributed by atoms with Crippen LogP contribution in [0.2, 0.25) is 0 Å². The van der Waals surface area contributed by atoms with E-state index < -0.39 is 21.7 Å². The number of carbonyl (C=O) groups excluding carboxylic acids is 1. The van der Waals surface area contributed by atoms with Crippen molar-refractivity contribution in [2.24, 2.45) is 0 Å². The van der Waals surface area contributed by atoms with E-state index in [-0.39, 0.29) is 28.2 Å². The second-order valence-electron chi connectivity index (χ2n) is 8.64. The van der Waals surface area contributed by atoms with Crippen molar-refractivity contribution in [3.8, 4) is 28.3 Å². The predicted molar refractivity (Wildman–Crippen MR) is 139 cm³/mol. The summed E-state index contributed by atoms with van der Waals surface area (Å²) in [5, 5.41) is -0.389. The molecule has 0 saturated heterocycles. The molecule has 0 aliphatic carbocycles. The SMILES string of the molecule is Cc1ccc(-c2nc(-c3cc(F)cc(OC(C)C)c3)ccc2C(=O)NS(=O)(=O)c2cccc(N)n2)cc1. The van der Waals surface area contributed by atoms with Gasteiger partial charge in [-0.15, -0.1) is 0 Å². The molecule has 37 heavy (non-hydrogen) atoms. The average molecular weight is 521 g/mol. The fraction of sp³-hybridized carbons (Fsp3) is 0.148. The number of aryl methyl sites for hydroxylation is 1. The Morgan fingerprint density at radius 3 is 2.38 bits per heavy atom. The zero-order chi connectivity index (χ0) is 26.7. The number of nitrogen functional groups attached to an aromatic ring is 1. The highest BCUT2D eigenvalue weighted by Crippen LogP contribution is 2.30. The molecule has 2 aromatic carbocycles. The first-order valence-electron chi connectivity index (χ1n) is 11.4. The molecule has 0 aliphatic rings. The summed E-state index contributed by atoms with van der Waals surface area (Å²) in [7, 11) is -4.31. The van der Waals surface area contributed by atoms with Crippen molar-refractivity contribution >= 4 is 21.7 Å². The van der Waals surface area contributed by atoms with E-state index in [1.54, 1.807) is 18.2 Å². The molecule has 0 unspecified atom stereocenters. The molecule has 0 atom stereocenters. The Morgan fingerprint density at radius 2 is 1.70 bits per heavy atom. The quantitative estimate of drug-likeness (QED) is 0.360. The number of hydrogen-bond acceptors (Lipinski definition) is 7. The molecule has 190 valence electrons. The zero-order valence-electron chi connectivity index (χ0n) is 20.4. The minimum atomic E-state index is -4.31. The summed E-state index contributed by atoms with van der Waals surface area (Å²) >= 11 is 0. The number of carbonyl (C=O) groups is 1. The first-order chi connectivity index (χ1) is 17.5. The first kappa shape index (κ1) is 25.8. The minimum Gasteiger partial charge on any atom is -0.491 e. The molecule has 0 fully saturated rings. The molecule has 4 rings (SSSR count). The van der Waals surface area contributed by atoms with Crippen molar-refractivity contribution in [3.63, 3.8) is 0 Å². The van der Waals surface area contributed by atoms with Crippen molar-refractivity contribution in [1.82, 2.24) is 14.7 Å². The van der Waals surface area contributed by atoms with Crippen molar-refractivity contribution in [1.29, 1.82) is 0 Å². The Kier molecular flexibility index (Phi) is 7.21. The number of pyridine rings is 2. The number of hydrogen-bond donors (Lipinski definition) is 2. The fourth-order valence-corrected chi connectivity index (χ4v) is 4.54. The number of sulfonamides is 1. The van der Waals surface area contributed by atoms with Gasteiger partial charge in [-0.25, -0.2) is 19.1 Å². The molecule has 10 heteroatoms. The number of amides is 1. The van der Waals surface area contributed by atoms with Gasteiger partial charge in [0.05, 0.1) is 23.1 Å². The van der Waals surface area contributed by atoms with Gasteiger partial charge >= 0.3 is 0 Å². The lowest BCUT2D eigenvalue weighted by Crippen LogP contribution is -2.31. The van der Waals surface area contributed by atoms with Gasteiger partial charge in [-0.1, -0.05) is 35.9 Å². The first-order valence-corrected chi connectivity index (χ1v) is 12.9. The number of nitrogens with two attached hydrogens (primary N) is 1. The van der Waals surface area contributed by atoms with Crippen LogP contribution in [0.3, 0.4) is 0 Å². The normalized spacial score (nSPS) is 11.4. The van der Waals surface area contributed by atoms with Gasteiger partial charge in [0.2, 0.25) is 0 Å². The number of rotatable bonds is 7. The van der Waals surface area contributed by atoms with Gasteiger partial charge < -0.3 is 10.5 Å². The lowest BCUT2D eigenvalue weighted by Gasteiger charge is -2.14. The van der Waals surface area contributed by atoms with Crippen LogP contribution in [0.15, 0.2) is 77.8 Å². The molecule has 4 aromatic rings. The van der Waals surface area contributed by atoms with E-state index in [0.717, 1.165) is 5.56 Å². The standard InChI is InChI=1S/C27H25FN4O4S/c1-16(2)36-21-14-19(13-20(28)15-21)23-12-11-22(26(30-23)18-9-7-17(3)8-10-18)27(33)32-37(34,35)25-6-4-5-24(29)31-25/h4-16H,1-3H3,(H2,29,31)(H,32,33). The molecular formula is C27H25FN4O4S. The van der Waals surface area contributed by atoms with Gasteiger partial charge in [0.1, 0.15) is 17.4 Å². The van der Waals surface area contributed by atoms with Crippen molar-refractivity contribution < 1.29 is 22.3 Å². The topological polar surface area (TPSA) is 124 Å². The maximum absolute atomic E-state index is 14.4. The number of benzene rings is 2. The van der Waals surface area contributed by atoms with E-state index in [9.17, 15) is 17.6 Å². The second kappa shape index (κ2) is 10.4. The van der Waals surface area contributed by atoms with Gasteiger partial charge in [0, 0.05) is 17.2 Å². The summed E-state index contributed by atoms with van der Waals surface area (Å²) in [6, 6.07) is 18.5. The Hall–Kier alpha value is -4.31. The average Bonchev–Trinajstić information content (AvgIpc) is 2.83. The summed E-state index contributed by atoms with van der Waals surface area (Å²) < 4.78 is 47.6. The third-order valence-corrected chi connectivity index (χ3v) is 6.48. The van der Waals surface area contributed by atoms with Crippen LogP contribution >= 0.6 is 0 Å². The number of nitrogens with zero attached hydrogens (tertiary/aromatic N) is 2. The van der Waals surface area contributed by atoms with Crippen LogP contribution in [-0.2, 0) is 10.0 Å². The highest BCUT2D eigenvalue weighted by molar-refractivity contribution is 7.90. The van der Waals surface area contributed by atoms with Gasteiger partial charge in [0.25, 0.3) is 15.9 Å². The van der Waals surface area contributed by atoms with Gasteiger partial charge in [0.15, 0.2) is 5.03 Å². The lowest BCUT2D eigenvalue weighted by atomic mass is 10.0. The van der Waals surface area contributed by atoms with E-state index in [1.807, 2.05) is 37.6 Å². The molecule has 0 saturated carbocycles. The summed E-state index contributed by atoms with van der Waals surface area (Å²) in [5.74, 6) is -1.07. The minimum absolute atomic E-state index is 0.00223. The van der Waals surface area contributed by atoms with Crippen LogP contribution in [0.1, 0.15) is 29.8 Å². The van der Waals surface area contributed by atoms with Crippen LogP contribution in [0, 0.1) is 12.7 Å². The van der Waals surface area contributed by atoms with Gasteiger partial charge in [-0.3, -0.25) is 4.79 Å². The van der Waals surface area contributed by atoms with Crippen LogP contribution in [0.5, 0.6) is 5.75 Å². The predicted octanol–water partition coefficient (Wildman–Crippen LogP) is 4.75. The Morgan fingerprint density at radius 1 is 0.973 bits per heavy atom. The van der Waals surface area contributed by atoms with Crippen LogP contribution in [0.25, 0.3) is 22.5 Å². The van der Waals surface area contributed by atoms with Crippen molar-refractivity contribution in [2.75, 3.05) is 5.73 Å². The Balaban J connectivity index is 1.78. The Labute approximate surface area is 214 Å². The molecule has 0 radical (unpaired) electrons. The third kappa shape index (κ3) is 6.10. The van der Waals surface area contributed by atoms with E-state index in [1.165, 1.54) is 42.5 Å². The van der Waals surface area contributed by atoms with Crippen molar-refractivity contribution in [2.45, 2.75) is 31.9 Å². The van der Waals surface area contributed by atoms with Gasteiger partial charge in [-0.2, -0.15) is 8.42 Å². The molecule has 0 bridgehead atoms. The summed E-state index contributed by atoms with van der Waals surface area (Å²) in [4.78, 5) is 21.6. The Bertz CT molecular complexity index is 1570. The molecule has 2 heterocycles. The summed E-state index contributed by atoms with van der Waals surface area (Å²) in [6.45, 7) is 5.58. The van der Waals surface area contributed by atoms with Crippen LogP contribution in [0.4, 0.5) is 10.2 Å². The number of ether oxygens (including phenoxy) is 1. The molecule has 0 aliphatic heterocycles. The van der Waals surface area contributed by atoms with Gasteiger partial charge in [-0.05, 0) is 57.2 Å². The maximum atomic E-state index is 14.4. The number of halogens is 1. The zero-order valence-corrected chi connectivity index (χ0v) is 21.2. The van der Waals surface area contributed by atoms with E-state index in [4.69, 9.17) is 10.5 Å². The summed E-state index contributed by atoms with van der Waals surface area (Å²) in [5.41, 5.74) is 8.21. The molecule has 2 aromatic heterocycles. The molecule has 0 spiro atoms. The lowest BCUT2D eigenvalue weighted by molar-refractivity contribution is 0.0981.